The number of rotatable bonds is 7. The maximum Gasteiger partial charge on any atom is 0.229 e. The van der Waals surface area contributed by atoms with Gasteiger partial charge in [-0.15, -0.1) is 0 Å². The molecule has 1 saturated carbocycles. The van der Waals surface area contributed by atoms with E-state index >= 15 is 0 Å². The number of hydrogen-bond acceptors (Lipinski definition) is 5. The zero-order valence-corrected chi connectivity index (χ0v) is 11.2. The van der Waals surface area contributed by atoms with Gasteiger partial charge in [0.05, 0.1) is 18.3 Å². The number of aliphatic hydroxyl groups excluding tert-OH is 1. The Balaban J connectivity index is 1.74. The van der Waals surface area contributed by atoms with Gasteiger partial charge in [-0.25, -0.2) is 0 Å². The summed E-state index contributed by atoms with van der Waals surface area (Å²) in [7, 11) is 0. The van der Waals surface area contributed by atoms with Crippen LogP contribution in [-0.4, -0.2) is 27.1 Å². The molecule has 17 heavy (non-hydrogen) atoms. The minimum absolute atomic E-state index is 0.299. The van der Waals surface area contributed by atoms with Crippen molar-refractivity contribution in [2.75, 3.05) is 5.75 Å². The average molecular weight is 256 g/mol. The summed E-state index contributed by atoms with van der Waals surface area (Å²) in [6.07, 6.45) is 2.47. The second-order valence-electron chi connectivity index (χ2n) is 5.12. The topological polar surface area (TPSA) is 59.2 Å². The minimum Gasteiger partial charge on any atom is -0.392 e. The van der Waals surface area contributed by atoms with Gasteiger partial charge < -0.3 is 9.63 Å². The molecule has 1 aliphatic carbocycles. The van der Waals surface area contributed by atoms with Gasteiger partial charge in [-0.2, -0.15) is 16.7 Å². The highest BCUT2D eigenvalue weighted by atomic mass is 32.2. The standard InChI is InChI=1S/C12H20N2O2S/c1-8(2)6-17-7-11-13-12(16-14-11)5-10(15)9-3-4-9/h8-10,15H,3-7H2,1-2H3. The van der Waals surface area contributed by atoms with Crippen molar-refractivity contribution < 1.29 is 9.63 Å². The van der Waals surface area contributed by atoms with Gasteiger partial charge >= 0.3 is 0 Å². The summed E-state index contributed by atoms with van der Waals surface area (Å²) in [5, 5.41) is 13.7. The largest absolute Gasteiger partial charge is 0.392 e. The molecule has 0 saturated heterocycles. The smallest absolute Gasteiger partial charge is 0.229 e. The fraction of sp³-hybridized carbons (Fsp3) is 0.833. The van der Waals surface area contributed by atoms with Gasteiger partial charge in [0.25, 0.3) is 0 Å². The monoisotopic (exact) mass is 256 g/mol. The van der Waals surface area contributed by atoms with Gasteiger partial charge in [-0.3, -0.25) is 0 Å². The van der Waals surface area contributed by atoms with Gasteiger partial charge in [0.2, 0.25) is 5.89 Å². The highest BCUT2D eigenvalue weighted by molar-refractivity contribution is 7.98. The molecule has 0 amide bonds. The molecule has 1 unspecified atom stereocenters. The van der Waals surface area contributed by atoms with Crippen LogP contribution in [0, 0.1) is 11.8 Å². The van der Waals surface area contributed by atoms with Crippen molar-refractivity contribution in [3.8, 4) is 0 Å². The summed E-state index contributed by atoms with van der Waals surface area (Å²) in [6, 6.07) is 0. The highest BCUT2D eigenvalue weighted by Gasteiger charge is 2.30. The maximum atomic E-state index is 9.77. The Morgan fingerprint density at radius 2 is 2.24 bits per heavy atom. The molecule has 1 N–H and O–H groups in total. The molecule has 0 aromatic carbocycles. The van der Waals surface area contributed by atoms with Crippen molar-refractivity contribution in [3.63, 3.8) is 0 Å². The number of nitrogens with zero attached hydrogens (tertiary/aromatic N) is 2. The molecule has 1 atom stereocenters. The van der Waals surface area contributed by atoms with Crippen LogP contribution >= 0.6 is 11.8 Å². The van der Waals surface area contributed by atoms with Crippen LogP contribution in [0.5, 0.6) is 0 Å². The van der Waals surface area contributed by atoms with Crippen molar-refractivity contribution in [1.29, 1.82) is 0 Å². The van der Waals surface area contributed by atoms with Gasteiger partial charge in [0.1, 0.15) is 0 Å². The molecule has 0 aliphatic heterocycles. The molecule has 1 aromatic heterocycles. The molecule has 0 bridgehead atoms. The van der Waals surface area contributed by atoms with Crippen LogP contribution in [0.4, 0.5) is 0 Å². The van der Waals surface area contributed by atoms with E-state index in [4.69, 9.17) is 4.52 Å². The number of hydrogen-bond donors (Lipinski definition) is 1. The number of aromatic nitrogens is 2. The molecule has 1 heterocycles. The summed E-state index contributed by atoms with van der Waals surface area (Å²) in [4.78, 5) is 4.30. The van der Waals surface area contributed by atoms with Crippen LogP contribution in [-0.2, 0) is 12.2 Å². The predicted octanol–water partition coefficient (Wildman–Crippen LogP) is 2.27. The average Bonchev–Trinajstić information content (AvgIpc) is 3.02. The van der Waals surface area contributed by atoms with Crippen LogP contribution in [0.15, 0.2) is 4.52 Å². The SMILES string of the molecule is CC(C)CSCc1noc(CC(O)C2CC2)n1. The Hall–Kier alpha value is -0.550. The van der Waals surface area contributed by atoms with E-state index in [9.17, 15) is 5.11 Å². The molecular formula is C12H20N2O2S. The first-order valence-electron chi connectivity index (χ1n) is 6.22. The van der Waals surface area contributed by atoms with Gasteiger partial charge in [0, 0.05) is 0 Å². The van der Waals surface area contributed by atoms with E-state index in [0.29, 0.717) is 24.1 Å². The third-order valence-electron chi connectivity index (χ3n) is 2.74. The minimum atomic E-state index is -0.299. The van der Waals surface area contributed by atoms with E-state index in [1.807, 2.05) is 11.8 Å². The molecule has 5 heteroatoms. The van der Waals surface area contributed by atoms with Crippen LogP contribution in [0.1, 0.15) is 38.4 Å². The van der Waals surface area contributed by atoms with Gasteiger partial charge in [0.15, 0.2) is 5.82 Å². The molecule has 2 rings (SSSR count). The lowest BCUT2D eigenvalue weighted by atomic mass is 10.2. The fourth-order valence-corrected chi connectivity index (χ4v) is 2.53. The van der Waals surface area contributed by atoms with Crippen LogP contribution < -0.4 is 0 Å². The zero-order valence-electron chi connectivity index (χ0n) is 10.4. The molecule has 0 spiro atoms. The zero-order chi connectivity index (χ0) is 12.3. The lowest BCUT2D eigenvalue weighted by molar-refractivity contribution is 0.140. The van der Waals surface area contributed by atoms with Crippen molar-refractivity contribution in [3.05, 3.63) is 11.7 Å². The Kier molecular flexibility index (Phi) is 4.45. The summed E-state index contributed by atoms with van der Waals surface area (Å²) >= 11 is 1.82. The number of aliphatic hydroxyl groups is 1. The van der Waals surface area contributed by atoms with Gasteiger partial charge in [-0.05, 0) is 30.4 Å². The Labute approximate surface area is 106 Å². The van der Waals surface area contributed by atoms with Crippen molar-refractivity contribution >= 4 is 11.8 Å². The lowest BCUT2D eigenvalue weighted by Crippen LogP contribution is -2.12. The van der Waals surface area contributed by atoms with E-state index in [-0.39, 0.29) is 6.10 Å². The third-order valence-corrected chi connectivity index (χ3v) is 4.11. The van der Waals surface area contributed by atoms with E-state index in [1.54, 1.807) is 0 Å². The second-order valence-corrected chi connectivity index (χ2v) is 6.15. The molecular weight excluding hydrogens is 236 g/mol. The first-order valence-corrected chi connectivity index (χ1v) is 7.38. The van der Waals surface area contributed by atoms with E-state index in [1.165, 1.54) is 0 Å². The third kappa shape index (κ3) is 4.32. The normalized spacial score (nSPS) is 17.6. The molecule has 4 nitrogen and oxygen atoms in total. The number of thioether (sulfide) groups is 1. The molecule has 0 radical (unpaired) electrons. The van der Waals surface area contributed by atoms with Crippen molar-refractivity contribution in [2.24, 2.45) is 11.8 Å². The highest BCUT2D eigenvalue weighted by Crippen LogP contribution is 2.33. The van der Waals surface area contributed by atoms with Crippen molar-refractivity contribution in [2.45, 2.75) is 45.0 Å². The van der Waals surface area contributed by atoms with E-state index in [0.717, 1.165) is 30.2 Å². The first-order chi connectivity index (χ1) is 8.15. The predicted molar refractivity (Wildman–Crippen MR) is 67.7 cm³/mol. The second kappa shape index (κ2) is 5.87. The lowest BCUT2D eigenvalue weighted by Gasteiger charge is -2.03. The summed E-state index contributed by atoms with van der Waals surface area (Å²) in [6.45, 7) is 4.39. The molecule has 1 aromatic rings. The Bertz CT molecular complexity index is 350. The van der Waals surface area contributed by atoms with Crippen molar-refractivity contribution in [1.82, 2.24) is 10.1 Å². The Morgan fingerprint density at radius 1 is 1.47 bits per heavy atom. The molecule has 1 aliphatic rings. The summed E-state index contributed by atoms with van der Waals surface area (Å²) < 4.78 is 5.14. The van der Waals surface area contributed by atoms with Gasteiger partial charge in [-0.1, -0.05) is 19.0 Å². The van der Waals surface area contributed by atoms with Crippen LogP contribution in [0.3, 0.4) is 0 Å². The quantitative estimate of drug-likeness (QED) is 0.811. The van der Waals surface area contributed by atoms with E-state index < -0.39 is 0 Å². The summed E-state index contributed by atoms with van der Waals surface area (Å²) in [5.41, 5.74) is 0. The Morgan fingerprint density at radius 3 is 2.88 bits per heavy atom. The fourth-order valence-electron chi connectivity index (χ4n) is 1.64. The molecule has 1 fully saturated rings. The van der Waals surface area contributed by atoms with E-state index in [2.05, 4.69) is 24.0 Å². The van der Waals surface area contributed by atoms with Crippen LogP contribution in [0.2, 0.25) is 0 Å². The molecule has 96 valence electrons. The first kappa shape index (κ1) is 12.9. The maximum absolute atomic E-state index is 9.77. The summed E-state index contributed by atoms with van der Waals surface area (Å²) in [5.74, 6) is 4.36. The van der Waals surface area contributed by atoms with Crippen LogP contribution in [0.25, 0.3) is 0 Å².